The molecule has 3 N–H and O–H groups in total. The van der Waals surface area contributed by atoms with Gasteiger partial charge in [-0.3, -0.25) is 9.59 Å². The van der Waals surface area contributed by atoms with Crippen LogP contribution in [-0.2, 0) is 18.3 Å². The molecule has 3 heterocycles. The number of anilines is 1. The topological polar surface area (TPSA) is 128 Å². The molecule has 10 nitrogen and oxygen atoms in total. The third kappa shape index (κ3) is 6.47. The van der Waals surface area contributed by atoms with E-state index in [1.54, 1.807) is 20.1 Å². The summed E-state index contributed by atoms with van der Waals surface area (Å²) in [5, 5.41) is 21.0. The van der Waals surface area contributed by atoms with Crippen molar-refractivity contribution in [2.75, 3.05) is 25.6 Å². The summed E-state index contributed by atoms with van der Waals surface area (Å²) in [6.45, 7) is 5.03. The van der Waals surface area contributed by atoms with Crippen molar-refractivity contribution in [3.63, 3.8) is 0 Å². The number of nitrogens with zero attached hydrogens (tertiary/aromatic N) is 3. The van der Waals surface area contributed by atoms with Crippen molar-refractivity contribution in [3.8, 4) is 28.3 Å². The molecule has 0 bridgehead atoms. The lowest BCUT2D eigenvalue weighted by atomic mass is 9.96. The van der Waals surface area contributed by atoms with Gasteiger partial charge in [-0.05, 0) is 49.6 Å². The Labute approximate surface area is 254 Å². The van der Waals surface area contributed by atoms with Gasteiger partial charge in [-0.1, -0.05) is 48.0 Å². The molecule has 4 aromatic rings. The molecule has 0 radical (unpaired) electrons. The average molecular weight is 604 g/mol. The molecular weight excluding hydrogens is 570 g/mol. The Morgan fingerprint density at radius 3 is 2.65 bits per heavy atom. The number of hydrogen-bond donors (Lipinski definition) is 3. The molecule has 2 atom stereocenters. The Morgan fingerprint density at radius 1 is 1.14 bits per heavy atom. The Morgan fingerprint density at radius 2 is 1.88 bits per heavy atom. The number of carbonyl (C=O) groups excluding carboxylic acids is 1. The predicted octanol–water partition coefficient (Wildman–Crippen LogP) is 4.28. The first-order valence-corrected chi connectivity index (χ1v) is 14.3. The highest BCUT2D eigenvalue weighted by atomic mass is 35.5. The normalized spacial score (nSPS) is 16.6. The summed E-state index contributed by atoms with van der Waals surface area (Å²) >= 11 is 7.00. The lowest BCUT2D eigenvalue weighted by Crippen LogP contribution is -2.46. The number of ether oxygens (including phenoxy) is 2. The third-order valence-corrected chi connectivity index (χ3v) is 8.00. The summed E-state index contributed by atoms with van der Waals surface area (Å²) < 4.78 is 12.1. The Bertz CT molecular complexity index is 1720. The quantitative estimate of drug-likeness (QED) is 0.272. The van der Waals surface area contributed by atoms with E-state index in [1.807, 2.05) is 49.4 Å². The zero-order valence-electron chi connectivity index (χ0n) is 24.5. The van der Waals surface area contributed by atoms with Crippen molar-refractivity contribution in [1.29, 1.82) is 0 Å². The smallest absolute Gasteiger partial charge is 0.279 e. The van der Waals surface area contributed by atoms with E-state index in [4.69, 9.17) is 26.1 Å². The van der Waals surface area contributed by atoms with Crippen LogP contribution in [0.1, 0.15) is 33.6 Å². The van der Waals surface area contributed by atoms with Gasteiger partial charge in [0.1, 0.15) is 5.56 Å². The van der Waals surface area contributed by atoms with E-state index in [1.165, 1.54) is 13.1 Å². The van der Waals surface area contributed by atoms with Gasteiger partial charge in [0.05, 0.1) is 36.2 Å². The molecule has 1 saturated heterocycles. The maximum atomic E-state index is 13.1. The van der Waals surface area contributed by atoms with Gasteiger partial charge in [0.2, 0.25) is 5.88 Å². The highest BCUT2D eigenvalue weighted by Gasteiger charge is 2.24. The highest BCUT2D eigenvalue weighted by molar-refractivity contribution is 6.36. The standard InChI is InChI=1S/C32H34ClN5O5/c1-18-15-24(32(41)38(3)37-18)30(40)35-25-10-6-7-21(19(25)2)22-8-5-9-23(29(22)33)26-12-11-20(31(36-26)42-4)16-34-27-13-14-43-17-28(27)39/h5-12,15,27-28,34,39H,13-14,16-17H2,1-4H3,(H,35,40)/t27?,28-/m0/s1. The van der Waals surface area contributed by atoms with Crippen molar-refractivity contribution < 1.29 is 19.4 Å². The summed E-state index contributed by atoms with van der Waals surface area (Å²) in [6, 6.07) is 16.5. The molecule has 1 amide bonds. The molecule has 1 aliphatic heterocycles. The summed E-state index contributed by atoms with van der Waals surface area (Å²) in [6.07, 6.45) is 0.166. The Hall–Kier alpha value is -4.09. The molecule has 0 aliphatic carbocycles. The number of aliphatic hydroxyl groups excluding tert-OH is 1. The molecule has 0 saturated carbocycles. The molecule has 43 heavy (non-hydrogen) atoms. The maximum absolute atomic E-state index is 13.1. The molecule has 5 rings (SSSR count). The van der Waals surface area contributed by atoms with Crippen LogP contribution < -0.4 is 20.9 Å². The number of pyridine rings is 1. The van der Waals surface area contributed by atoms with Crippen LogP contribution in [0.5, 0.6) is 5.88 Å². The number of nitrogens with one attached hydrogen (secondary N) is 2. The van der Waals surface area contributed by atoms with Crippen LogP contribution >= 0.6 is 11.6 Å². The van der Waals surface area contributed by atoms with Gasteiger partial charge in [-0.2, -0.15) is 5.10 Å². The summed E-state index contributed by atoms with van der Waals surface area (Å²) in [4.78, 5) is 30.3. The van der Waals surface area contributed by atoms with Crippen molar-refractivity contribution in [2.24, 2.45) is 7.05 Å². The molecule has 1 aliphatic rings. The van der Waals surface area contributed by atoms with Gasteiger partial charge in [-0.15, -0.1) is 0 Å². The van der Waals surface area contributed by atoms with E-state index in [-0.39, 0.29) is 11.6 Å². The first kappa shape index (κ1) is 30.4. The van der Waals surface area contributed by atoms with Crippen LogP contribution in [0, 0.1) is 13.8 Å². The fourth-order valence-corrected chi connectivity index (χ4v) is 5.57. The molecule has 0 spiro atoms. The number of amides is 1. The van der Waals surface area contributed by atoms with Gasteiger partial charge in [0.25, 0.3) is 11.5 Å². The summed E-state index contributed by atoms with van der Waals surface area (Å²) in [5.74, 6) is -0.0465. The largest absolute Gasteiger partial charge is 0.481 e. The average Bonchev–Trinajstić information content (AvgIpc) is 3.00. The molecule has 1 unspecified atom stereocenters. The Balaban J connectivity index is 1.41. The van der Waals surface area contributed by atoms with Crippen LogP contribution in [0.15, 0.2) is 59.4 Å². The number of halogens is 1. The van der Waals surface area contributed by atoms with E-state index >= 15 is 0 Å². The lowest BCUT2D eigenvalue weighted by molar-refractivity contribution is -0.0281. The van der Waals surface area contributed by atoms with E-state index in [0.717, 1.165) is 38.9 Å². The molecular formula is C32H34ClN5O5. The summed E-state index contributed by atoms with van der Waals surface area (Å²) in [7, 11) is 3.09. The highest BCUT2D eigenvalue weighted by Crippen LogP contribution is 2.39. The molecule has 2 aromatic heterocycles. The molecule has 2 aromatic carbocycles. The predicted molar refractivity (Wildman–Crippen MR) is 166 cm³/mol. The second-order valence-corrected chi connectivity index (χ2v) is 10.9. The number of aromatic nitrogens is 3. The minimum atomic E-state index is -0.559. The van der Waals surface area contributed by atoms with Crippen LogP contribution in [-0.4, -0.2) is 58.2 Å². The van der Waals surface area contributed by atoms with Crippen LogP contribution in [0.4, 0.5) is 5.69 Å². The minimum Gasteiger partial charge on any atom is -0.481 e. The van der Waals surface area contributed by atoms with E-state index in [9.17, 15) is 14.7 Å². The molecule has 224 valence electrons. The van der Waals surface area contributed by atoms with Gasteiger partial charge < -0.3 is 25.2 Å². The first-order valence-electron chi connectivity index (χ1n) is 14.0. The summed E-state index contributed by atoms with van der Waals surface area (Å²) in [5.41, 5.74) is 5.28. The van der Waals surface area contributed by atoms with Crippen LogP contribution in [0.25, 0.3) is 22.4 Å². The van der Waals surface area contributed by atoms with Crippen molar-refractivity contribution in [3.05, 3.63) is 92.4 Å². The second kappa shape index (κ2) is 13.0. The monoisotopic (exact) mass is 603 g/mol. The lowest BCUT2D eigenvalue weighted by Gasteiger charge is -2.28. The SMILES string of the molecule is COc1nc(-c2cccc(-c3cccc(NC(=O)c4cc(C)nn(C)c4=O)c3C)c2Cl)ccc1CNC1CCOC[C@@H]1O. The van der Waals surface area contributed by atoms with E-state index in [0.29, 0.717) is 47.7 Å². The Kier molecular flexibility index (Phi) is 9.22. The van der Waals surface area contributed by atoms with E-state index in [2.05, 4.69) is 15.7 Å². The number of benzene rings is 2. The van der Waals surface area contributed by atoms with Gasteiger partial charge >= 0.3 is 0 Å². The number of hydrogen-bond acceptors (Lipinski definition) is 8. The van der Waals surface area contributed by atoms with Crippen molar-refractivity contribution in [1.82, 2.24) is 20.1 Å². The minimum absolute atomic E-state index is 0.0161. The van der Waals surface area contributed by atoms with Gasteiger partial charge in [-0.25, -0.2) is 9.67 Å². The number of aliphatic hydroxyl groups is 1. The fraction of sp³-hybridized carbons (Fsp3) is 0.312. The number of aryl methyl sites for hydroxylation is 2. The van der Waals surface area contributed by atoms with Crippen molar-refractivity contribution in [2.45, 2.75) is 39.0 Å². The van der Waals surface area contributed by atoms with E-state index < -0.39 is 17.6 Å². The van der Waals surface area contributed by atoms with Crippen LogP contribution in [0.3, 0.4) is 0 Å². The molecule has 11 heteroatoms. The number of rotatable bonds is 8. The fourth-order valence-electron chi connectivity index (χ4n) is 5.24. The maximum Gasteiger partial charge on any atom is 0.279 e. The van der Waals surface area contributed by atoms with Crippen molar-refractivity contribution >= 4 is 23.2 Å². The zero-order chi connectivity index (χ0) is 30.7. The number of carbonyl (C=O) groups is 1. The van der Waals surface area contributed by atoms with Gasteiger partial charge in [0, 0.05) is 48.6 Å². The molecule has 1 fully saturated rings. The zero-order valence-corrected chi connectivity index (χ0v) is 25.2. The first-order chi connectivity index (χ1) is 20.7. The van der Waals surface area contributed by atoms with Crippen LogP contribution in [0.2, 0.25) is 5.02 Å². The third-order valence-electron chi connectivity index (χ3n) is 7.59. The van der Waals surface area contributed by atoms with Gasteiger partial charge in [0.15, 0.2) is 0 Å². The second-order valence-electron chi connectivity index (χ2n) is 10.5. The number of methoxy groups -OCH3 is 1.